The standard InChI is InChI=1S/C11H9F6N3O2S2/c1-20-9(11(15,16)17)6(2-18-20)4-24(21,22)5-8-19-7(3-23-8)10(12,13)14/h2-3H,4-5H2,1H3. The lowest BCUT2D eigenvalue weighted by molar-refractivity contribution is -0.144. The molecule has 0 atom stereocenters. The highest BCUT2D eigenvalue weighted by Gasteiger charge is 2.38. The molecule has 2 heterocycles. The maximum atomic E-state index is 12.9. The van der Waals surface area contributed by atoms with Crippen LogP contribution >= 0.6 is 11.3 Å². The van der Waals surface area contributed by atoms with Crippen molar-refractivity contribution in [1.29, 1.82) is 0 Å². The molecule has 0 radical (unpaired) electrons. The van der Waals surface area contributed by atoms with Gasteiger partial charge < -0.3 is 0 Å². The molecule has 0 bridgehead atoms. The van der Waals surface area contributed by atoms with Gasteiger partial charge in [0.2, 0.25) is 0 Å². The summed E-state index contributed by atoms with van der Waals surface area (Å²) in [4.78, 5) is 3.16. The lowest BCUT2D eigenvalue weighted by Gasteiger charge is -2.10. The highest BCUT2D eigenvalue weighted by atomic mass is 32.2. The van der Waals surface area contributed by atoms with Crippen LogP contribution in [0.15, 0.2) is 11.6 Å². The van der Waals surface area contributed by atoms with E-state index < -0.39 is 50.6 Å². The number of thiazole rings is 1. The average Bonchev–Trinajstić information content (AvgIpc) is 2.93. The summed E-state index contributed by atoms with van der Waals surface area (Å²) in [5, 5.41) is 3.68. The molecule has 0 amide bonds. The number of rotatable bonds is 4. The van der Waals surface area contributed by atoms with Crippen molar-refractivity contribution in [3.05, 3.63) is 33.5 Å². The molecule has 24 heavy (non-hydrogen) atoms. The van der Waals surface area contributed by atoms with E-state index in [0.717, 1.165) is 13.2 Å². The van der Waals surface area contributed by atoms with E-state index in [4.69, 9.17) is 0 Å². The van der Waals surface area contributed by atoms with Gasteiger partial charge in [-0.1, -0.05) is 0 Å². The van der Waals surface area contributed by atoms with Crippen LogP contribution in [0, 0.1) is 0 Å². The minimum atomic E-state index is -4.80. The summed E-state index contributed by atoms with van der Waals surface area (Å²) in [5.41, 5.74) is -3.03. The highest BCUT2D eigenvalue weighted by molar-refractivity contribution is 7.89. The molecule has 0 aliphatic heterocycles. The second-order valence-electron chi connectivity index (χ2n) is 4.80. The first kappa shape index (κ1) is 18.7. The summed E-state index contributed by atoms with van der Waals surface area (Å²) in [6.07, 6.45) is -8.75. The zero-order valence-electron chi connectivity index (χ0n) is 11.8. The van der Waals surface area contributed by atoms with E-state index in [9.17, 15) is 34.8 Å². The van der Waals surface area contributed by atoms with Gasteiger partial charge >= 0.3 is 12.4 Å². The number of halogens is 6. The molecule has 0 N–H and O–H groups in total. The minimum absolute atomic E-state index is 0.347. The second-order valence-corrected chi connectivity index (χ2v) is 7.80. The Labute approximate surface area is 135 Å². The molecular weight excluding hydrogens is 384 g/mol. The predicted molar refractivity (Wildman–Crippen MR) is 71.7 cm³/mol. The average molecular weight is 393 g/mol. The van der Waals surface area contributed by atoms with Gasteiger partial charge in [-0.15, -0.1) is 11.3 Å². The SMILES string of the molecule is Cn1ncc(CS(=O)(=O)Cc2nc(C(F)(F)F)cs2)c1C(F)(F)F. The molecule has 5 nitrogen and oxygen atoms in total. The van der Waals surface area contributed by atoms with Crippen LogP contribution in [-0.4, -0.2) is 23.2 Å². The summed E-state index contributed by atoms with van der Waals surface area (Å²) in [7, 11) is -3.15. The fourth-order valence-electron chi connectivity index (χ4n) is 1.94. The second kappa shape index (κ2) is 6.02. The van der Waals surface area contributed by atoms with Crippen LogP contribution in [0.2, 0.25) is 0 Å². The van der Waals surface area contributed by atoms with E-state index in [1.54, 1.807) is 0 Å². The number of nitrogens with zero attached hydrogens (tertiary/aromatic N) is 3. The smallest absolute Gasteiger partial charge is 0.263 e. The predicted octanol–water partition coefficient (Wildman–Crippen LogP) is 3.03. The Morgan fingerprint density at radius 1 is 1.12 bits per heavy atom. The molecule has 0 unspecified atom stereocenters. The molecule has 2 aromatic rings. The third-order valence-corrected chi connectivity index (χ3v) is 5.34. The van der Waals surface area contributed by atoms with Crippen molar-refractivity contribution in [2.45, 2.75) is 23.9 Å². The maximum absolute atomic E-state index is 12.9. The molecule has 13 heteroatoms. The van der Waals surface area contributed by atoms with Gasteiger partial charge in [0.05, 0.1) is 11.9 Å². The van der Waals surface area contributed by atoms with Crippen molar-refractivity contribution in [3.63, 3.8) is 0 Å². The Balaban J connectivity index is 2.23. The van der Waals surface area contributed by atoms with Crippen LogP contribution < -0.4 is 0 Å². The Bertz CT molecular complexity index is 835. The minimum Gasteiger partial charge on any atom is -0.263 e. The van der Waals surface area contributed by atoms with Gasteiger partial charge in [-0.2, -0.15) is 31.4 Å². The Morgan fingerprint density at radius 2 is 1.75 bits per heavy atom. The Kier molecular flexibility index (Phi) is 4.69. The van der Waals surface area contributed by atoms with Crippen molar-refractivity contribution < 1.29 is 34.8 Å². The van der Waals surface area contributed by atoms with Gasteiger partial charge in [-0.05, 0) is 0 Å². The fraction of sp³-hybridized carbons (Fsp3) is 0.455. The first-order valence-corrected chi connectivity index (χ1v) is 8.80. The molecule has 2 rings (SSSR count). The first-order valence-electron chi connectivity index (χ1n) is 6.10. The van der Waals surface area contributed by atoms with Gasteiger partial charge in [0.1, 0.15) is 16.5 Å². The molecule has 0 aromatic carbocycles. The number of aromatic nitrogens is 3. The number of hydrogen-bond donors (Lipinski definition) is 0. The van der Waals surface area contributed by atoms with Crippen LogP contribution in [0.4, 0.5) is 26.3 Å². The quantitative estimate of drug-likeness (QED) is 0.749. The van der Waals surface area contributed by atoms with E-state index in [0.29, 0.717) is 21.4 Å². The summed E-state index contributed by atoms with van der Waals surface area (Å²) in [6, 6.07) is 0. The number of sulfone groups is 1. The van der Waals surface area contributed by atoms with E-state index in [1.807, 2.05) is 0 Å². The maximum Gasteiger partial charge on any atom is 0.434 e. The molecule has 134 valence electrons. The number of alkyl halides is 6. The van der Waals surface area contributed by atoms with E-state index in [2.05, 4.69) is 10.1 Å². The van der Waals surface area contributed by atoms with E-state index in [1.165, 1.54) is 0 Å². The van der Waals surface area contributed by atoms with Gasteiger partial charge in [-0.25, -0.2) is 13.4 Å². The van der Waals surface area contributed by atoms with Crippen molar-refractivity contribution in [3.8, 4) is 0 Å². The van der Waals surface area contributed by atoms with Gasteiger partial charge in [0, 0.05) is 18.0 Å². The third-order valence-electron chi connectivity index (χ3n) is 2.84. The molecule has 0 fully saturated rings. The normalized spacial score (nSPS) is 13.5. The lowest BCUT2D eigenvalue weighted by atomic mass is 10.3. The van der Waals surface area contributed by atoms with Gasteiger partial charge in [0.15, 0.2) is 15.5 Å². The molecule has 0 saturated carbocycles. The van der Waals surface area contributed by atoms with E-state index in [-0.39, 0.29) is 5.01 Å². The first-order chi connectivity index (χ1) is 10.8. The monoisotopic (exact) mass is 393 g/mol. The van der Waals surface area contributed by atoms with Crippen molar-refractivity contribution >= 4 is 21.2 Å². The largest absolute Gasteiger partial charge is 0.434 e. The zero-order chi connectivity index (χ0) is 18.3. The van der Waals surface area contributed by atoms with Crippen LogP contribution in [0.5, 0.6) is 0 Å². The zero-order valence-corrected chi connectivity index (χ0v) is 13.4. The van der Waals surface area contributed by atoms with Crippen molar-refractivity contribution in [1.82, 2.24) is 14.8 Å². The van der Waals surface area contributed by atoms with Gasteiger partial charge in [0.25, 0.3) is 0 Å². The molecular formula is C11H9F6N3O2S2. The van der Waals surface area contributed by atoms with Crippen LogP contribution in [-0.2, 0) is 40.7 Å². The molecule has 0 aliphatic carbocycles. The summed E-state index contributed by atoms with van der Waals surface area (Å²) in [6.45, 7) is 0. The summed E-state index contributed by atoms with van der Waals surface area (Å²) >= 11 is 0.475. The Hall–Kier alpha value is -1.63. The van der Waals surface area contributed by atoms with Gasteiger partial charge in [-0.3, -0.25) is 4.68 Å². The molecule has 0 aliphatic rings. The summed E-state index contributed by atoms with van der Waals surface area (Å²) in [5.74, 6) is -1.89. The number of aryl methyl sites for hydroxylation is 1. The van der Waals surface area contributed by atoms with Crippen LogP contribution in [0.3, 0.4) is 0 Å². The number of hydrogen-bond acceptors (Lipinski definition) is 5. The lowest BCUT2D eigenvalue weighted by Crippen LogP contribution is -2.16. The van der Waals surface area contributed by atoms with Crippen LogP contribution in [0.1, 0.15) is 22.0 Å². The molecule has 0 spiro atoms. The fourth-order valence-corrected chi connectivity index (χ4v) is 4.56. The molecule has 0 saturated heterocycles. The van der Waals surface area contributed by atoms with Crippen LogP contribution in [0.25, 0.3) is 0 Å². The highest BCUT2D eigenvalue weighted by Crippen LogP contribution is 2.33. The van der Waals surface area contributed by atoms with E-state index >= 15 is 0 Å². The Morgan fingerprint density at radius 3 is 2.25 bits per heavy atom. The summed E-state index contributed by atoms with van der Waals surface area (Å²) < 4.78 is 100. The molecule has 2 aromatic heterocycles. The topological polar surface area (TPSA) is 64.8 Å². The third kappa shape index (κ3) is 4.26. The van der Waals surface area contributed by atoms with Crippen molar-refractivity contribution in [2.75, 3.05) is 0 Å². The van der Waals surface area contributed by atoms with Crippen molar-refractivity contribution in [2.24, 2.45) is 7.05 Å².